The molecule has 1 aromatic carbocycles. The Morgan fingerprint density at radius 2 is 1.92 bits per heavy atom. The molecule has 1 heterocycles. The number of benzene rings is 1. The molecule has 132 valence electrons. The number of rotatable bonds is 5. The van der Waals surface area contributed by atoms with Crippen molar-refractivity contribution in [3.8, 4) is 11.5 Å². The predicted octanol–water partition coefficient (Wildman–Crippen LogP) is 1.27. The molecule has 8 nitrogen and oxygen atoms in total. The van der Waals surface area contributed by atoms with Crippen LogP contribution in [0.5, 0.6) is 11.5 Å². The Labute approximate surface area is 142 Å². The molecule has 2 rings (SSSR count). The number of pyridine rings is 1. The van der Waals surface area contributed by atoms with E-state index in [9.17, 15) is 24.6 Å². The number of methoxy groups -OCH3 is 2. The van der Waals surface area contributed by atoms with Gasteiger partial charge in [0.1, 0.15) is 17.1 Å². The summed E-state index contributed by atoms with van der Waals surface area (Å²) in [5, 5.41) is 20.1. The minimum atomic E-state index is -0.937. The molecule has 3 N–H and O–H groups in total. The smallest absolute Gasteiger partial charge is 0.343 e. The van der Waals surface area contributed by atoms with Gasteiger partial charge in [-0.2, -0.15) is 0 Å². The second-order valence-electron chi connectivity index (χ2n) is 5.21. The molecule has 25 heavy (non-hydrogen) atoms. The van der Waals surface area contributed by atoms with Crippen LogP contribution in [0.15, 0.2) is 35.3 Å². The van der Waals surface area contributed by atoms with E-state index in [1.165, 1.54) is 25.3 Å². The quantitative estimate of drug-likeness (QED) is 0.695. The lowest BCUT2D eigenvalue weighted by molar-refractivity contribution is -0.140. The first-order chi connectivity index (χ1) is 11.9. The maximum absolute atomic E-state index is 12.3. The Morgan fingerprint density at radius 1 is 1.20 bits per heavy atom. The SMILES string of the molecule is COC(=O)C[C@@H](c1cccc(O)c1)c1c(O)c(C(=O)OC)c[nH]c1=O. The highest BCUT2D eigenvalue weighted by Crippen LogP contribution is 2.34. The summed E-state index contributed by atoms with van der Waals surface area (Å²) in [6.07, 6.45) is 0.756. The highest BCUT2D eigenvalue weighted by molar-refractivity contribution is 5.92. The second-order valence-corrected chi connectivity index (χ2v) is 5.21. The number of carbonyl (C=O) groups excluding carboxylic acids is 2. The van der Waals surface area contributed by atoms with Crippen molar-refractivity contribution in [2.45, 2.75) is 12.3 Å². The molecule has 0 aliphatic heterocycles. The Bertz CT molecular complexity index is 856. The molecule has 0 radical (unpaired) electrons. The summed E-state index contributed by atoms with van der Waals surface area (Å²) >= 11 is 0. The van der Waals surface area contributed by atoms with E-state index in [1.807, 2.05) is 0 Å². The number of ether oxygens (including phenoxy) is 2. The van der Waals surface area contributed by atoms with Crippen molar-refractivity contribution in [3.63, 3.8) is 0 Å². The van der Waals surface area contributed by atoms with Gasteiger partial charge in [0.2, 0.25) is 0 Å². The molecule has 0 saturated heterocycles. The lowest BCUT2D eigenvalue weighted by Gasteiger charge is -2.18. The first-order valence-electron chi connectivity index (χ1n) is 7.27. The highest BCUT2D eigenvalue weighted by Gasteiger charge is 2.28. The number of hydrogen-bond donors (Lipinski definition) is 3. The molecule has 0 unspecified atom stereocenters. The van der Waals surface area contributed by atoms with Crippen molar-refractivity contribution in [2.24, 2.45) is 0 Å². The Balaban J connectivity index is 2.67. The molecular weight excluding hydrogens is 330 g/mol. The van der Waals surface area contributed by atoms with E-state index in [2.05, 4.69) is 14.5 Å². The van der Waals surface area contributed by atoms with Gasteiger partial charge >= 0.3 is 11.9 Å². The second kappa shape index (κ2) is 7.52. The van der Waals surface area contributed by atoms with E-state index in [4.69, 9.17) is 0 Å². The fraction of sp³-hybridized carbons (Fsp3) is 0.235. The average molecular weight is 347 g/mol. The fourth-order valence-electron chi connectivity index (χ4n) is 2.50. The van der Waals surface area contributed by atoms with Crippen molar-refractivity contribution < 1.29 is 29.3 Å². The monoisotopic (exact) mass is 347 g/mol. The third-order valence-corrected chi connectivity index (χ3v) is 3.73. The van der Waals surface area contributed by atoms with E-state index in [0.717, 1.165) is 13.3 Å². The van der Waals surface area contributed by atoms with E-state index in [0.29, 0.717) is 5.56 Å². The molecular formula is C17H17NO7. The number of aromatic nitrogens is 1. The zero-order valence-electron chi connectivity index (χ0n) is 13.6. The summed E-state index contributed by atoms with van der Waals surface area (Å²) < 4.78 is 9.21. The number of aromatic hydroxyl groups is 2. The van der Waals surface area contributed by atoms with Gasteiger partial charge in [0.25, 0.3) is 5.56 Å². The van der Waals surface area contributed by atoms with E-state index in [1.54, 1.807) is 6.07 Å². The molecule has 0 spiro atoms. The van der Waals surface area contributed by atoms with Gasteiger partial charge in [-0.3, -0.25) is 9.59 Å². The van der Waals surface area contributed by atoms with Gasteiger partial charge in [-0.05, 0) is 17.7 Å². The molecule has 8 heteroatoms. The largest absolute Gasteiger partial charge is 0.508 e. The minimum Gasteiger partial charge on any atom is -0.508 e. The van der Waals surface area contributed by atoms with Crippen LogP contribution in [0.3, 0.4) is 0 Å². The number of phenols is 1. The van der Waals surface area contributed by atoms with Gasteiger partial charge in [0, 0.05) is 12.1 Å². The first-order valence-corrected chi connectivity index (χ1v) is 7.27. The van der Waals surface area contributed by atoms with Gasteiger partial charge in [-0.15, -0.1) is 0 Å². The third kappa shape index (κ3) is 3.79. The van der Waals surface area contributed by atoms with Crippen LogP contribution in [0.4, 0.5) is 0 Å². The zero-order chi connectivity index (χ0) is 18.6. The Hall–Kier alpha value is -3.29. The van der Waals surface area contributed by atoms with E-state index < -0.39 is 29.2 Å². The van der Waals surface area contributed by atoms with Crippen LogP contribution in [0.25, 0.3) is 0 Å². The summed E-state index contributed by atoms with van der Waals surface area (Å²) in [6.45, 7) is 0. The Morgan fingerprint density at radius 3 is 2.52 bits per heavy atom. The van der Waals surface area contributed by atoms with Gasteiger partial charge in [-0.1, -0.05) is 12.1 Å². The van der Waals surface area contributed by atoms with Gasteiger partial charge in [0.15, 0.2) is 0 Å². The van der Waals surface area contributed by atoms with Crippen LogP contribution < -0.4 is 5.56 Å². The summed E-state index contributed by atoms with van der Waals surface area (Å²) in [7, 11) is 2.32. The lowest BCUT2D eigenvalue weighted by Crippen LogP contribution is -2.22. The standard InChI is InChI=1S/C17H17NO7/c1-24-13(20)7-11(9-4-3-5-10(19)6-9)14-15(21)12(17(23)25-2)8-18-16(14)22/h3-6,8,11,19H,7H2,1-2H3,(H2,18,21,22)/t11-/m0/s1. The van der Waals surface area contributed by atoms with Crippen LogP contribution >= 0.6 is 0 Å². The summed E-state index contributed by atoms with van der Waals surface area (Å²) in [4.78, 5) is 38.2. The molecule has 0 aliphatic rings. The highest BCUT2D eigenvalue weighted by atomic mass is 16.5. The minimum absolute atomic E-state index is 0.0765. The van der Waals surface area contributed by atoms with E-state index >= 15 is 0 Å². The number of esters is 2. The van der Waals surface area contributed by atoms with Crippen molar-refractivity contribution in [1.29, 1.82) is 0 Å². The van der Waals surface area contributed by atoms with Crippen molar-refractivity contribution in [1.82, 2.24) is 4.98 Å². The topological polar surface area (TPSA) is 126 Å². The van der Waals surface area contributed by atoms with Crippen molar-refractivity contribution in [3.05, 3.63) is 57.5 Å². The van der Waals surface area contributed by atoms with Gasteiger partial charge in [-0.25, -0.2) is 4.79 Å². The van der Waals surface area contributed by atoms with E-state index in [-0.39, 0.29) is 23.3 Å². The first kappa shape index (κ1) is 18.1. The van der Waals surface area contributed by atoms with Crippen LogP contribution in [-0.4, -0.2) is 41.4 Å². The molecule has 0 fully saturated rings. The summed E-state index contributed by atoms with van der Waals surface area (Å²) in [5.74, 6) is -3.08. The zero-order valence-corrected chi connectivity index (χ0v) is 13.6. The normalized spacial score (nSPS) is 11.6. The molecule has 0 saturated carbocycles. The van der Waals surface area contributed by atoms with Crippen LogP contribution in [0, 0.1) is 0 Å². The maximum atomic E-state index is 12.3. The summed E-state index contributed by atoms with van der Waals surface area (Å²) in [6, 6.07) is 5.90. The molecule has 0 aliphatic carbocycles. The lowest BCUT2D eigenvalue weighted by atomic mass is 9.87. The average Bonchev–Trinajstić information content (AvgIpc) is 2.60. The van der Waals surface area contributed by atoms with Crippen LogP contribution in [0.1, 0.15) is 33.8 Å². The maximum Gasteiger partial charge on any atom is 0.343 e. The van der Waals surface area contributed by atoms with Crippen LogP contribution in [0.2, 0.25) is 0 Å². The number of phenolic OH excluding ortho intramolecular Hbond substituents is 1. The Kier molecular flexibility index (Phi) is 5.43. The molecule has 1 aromatic heterocycles. The number of carbonyl (C=O) groups is 2. The number of aromatic amines is 1. The predicted molar refractivity (Wildman–Crippen MR) is 86.6 cm³/mol. The van der Waals surface area contributed by atoms with Gasteiger partial charge in [0.05, 0.1) is 26.2 Å². The van der Waals surface area contributed by atoms with Crippen molar-refractivity contribution >= 4 is 11.9 Å². The molecule has 0 bridgehead atoms. The summed E-state index contributed by atoms with van der Waals surface area (Å²) in [5.41, 5.74) is -0.721. The molecule has 2 aromatic rings. The molecule has 0 amide bonds. The number of nitrogens with one attached hydrogen (secondary N) is 1. The third-order valence-electron chi connectivity index (χ3n) is 3.73. The van der Waals surface area contributed by atoms with Crippen molar-refractivity contribution in [2.75, 3.05) is 14.2 Å². The number of hydrogen-bond acceptors (Lipinski definition) is 7. The molecule has 1 atom stereocenters. The van der Waals surface area contributed by atoms with Gasteiger partial charge < -0.3 is 24.7 Å². The van der Waals surface area contributed by atoms with Crippen LogP contribution in [-0.2, 0) is 14.3 Å². The fourth-order valence-corrected chi connectivity index (χ4v) is 2.50. The number of H-pyrrole nitrogens is 1.